The largest absolute Gasteiger partial charge is 0.0918 e. The Morgan fingerprint density at radius 3 is 1.08 bits per heavy atom. The third-order valence-corrected chi connectivity index (χ3v) is 1.46. The van der Waals surface area contributed by atoms with Crippen molar-refractivity contribution in [3.05, 3.63) is 59.0 Å². The van der Waals surface area contributed by atoms with E-state index in [4.69, 9.17) is 0 Å². The van der Waals surface area contributed by atoms with Gasteiger partial charge in [-0.05, 0) is 10.4 Å². The average Bonchev–Trinajstić information content (AvgIpc) is 2.06. The van der Waals surface area contributed by atoms with Crippen molar-refractivity contribution in [3.63, 3.8) is 0 Å². The first-order valence-electron chi connectivity index (χ1n) is 3.86. The predicted octanol–water partition coefficient (Wildman–Crippen LogP) is 1.63. The molecule has 0 fully saturated rings. The second kappa shape index (κ2) is 4.35. The van der Waals surface area contributed by atoms with E-state index in [0.29, 0.717) is 0 Å². The third-order valence-electron chi connectivity index (χ3n) is 1.46. The van der Waals surface area contributed by atoms with Crippen LogP contribution in [0.3, 0.4) is 0 Å². The maximum Gasteiger partial charge on any atom is -0.0329 e. The molecule has 0 spiro atoms. The molecule has 0 aromatic heterocycles. The van der Waals surface area contributed by atoms with E-state index in [-0.39, 0.29) is 0 Å². The predicted molar refractivity (Wildman–Crippen MR) is 54.4 cm³/mol. The average molecular weight is 156 g/mol. The van der Waals surface area contributed by atoms with Gasteiger partial charge < -0.3 is 0 Å². The normalized spacial score (nSPS) is 8.67. The SMILES string of the molecule is C=c1ccccc(=C)cccc1. The maximum absolute atomic E-state index is 3.84. The van der Waals surface area contributed by atoms with Gasteiger partial charge in [-0.1, -0.05) is 61.7 Å². The number of hydrogen-bond donors (Lipinski definition) is 0. The summed E-state index contributed by atoms with van der Waals surface area (Å²) in [7, 11) is 0. The van der Waals surface area contributed by atoms with Gasteiger partial charge in [-0.25, -0.2) is 0 Å². The minimum Gasteiger partial charge on any atom is -0.0918 e. The van der Waals surface area contributed by atoms with Crippen LogP contribution >= 0.6 is 0 Å². The van der Waals surface area contributed by atoms with Gasteiger partial charge in [0.15, 0.2) is 0 Å². The lowest BCUT2D eigenvalue weighted by atomic mass is 10.3. The van der Waals surface area contributed by atoms with Gasteiger partial charge in [0.1, 0.15) is 0 Å². The third kappa shape index (κ3) is 3.02. The summed E-state index contributed by atoms with van der Waals surface area (Å²) in [6, 6.07) is 15.7. The molecule has 0 amide bonds. The van der Waals surface area contributed by atoms with E-state index in [2.05, 4.69) is 13.2 Å². The molecule has 0 saturated carbocycles. The monoisotopic (exact) mass is 156 g/mol. The van der Waals surface area contributed by atoms with Gasteiger partial charge in [0.25, 0.3) is 0 Å². The minimum absolute atomic E-state index is 0.997. The molecule has 0 nitrogen and oxygen atoms in total. The van der Waals surface area contributed by atoms with E-state index in [1.807, 2.05) is 48.5 Å². The molecule has 0 heterocycles. The fraction of sp³-hybridized carbons (Fsp3) is 0. The molecule has 0 unspecified atom stereocenters. The van der Waals surface area contributed by atoms with Crippen molar-refractivity contribution < 1.29 is 0 Å². The van der Waals surface area contributed by atoms with Crippen LogP contribution in [0, 0.1) is 0 Å². The zero-order valence-electron chi connectivity index (χ0n) is 7.03. The highest BCUT2D eigenvalue weighted by Crippen LogP contribution is 1.70. The topological polar surface area (TPSA) is 0 Å². The van der Waals surface area contributed by atoms with Crippen molar-refractivity contribution in [2.45, 2.75) is 0 Å². The van der Waals surface area contributed by atoms with Gasteiger partial charge in [0, 0.05) is 0 Å². The summed E-state index contributed by atoms with van der Waals surface area (Å²) in [6.45, 7) is 7.69. The molecule has 0 radical (unpaired) electrons. The van der Waals surface area contributed by atoms with Gasteiger partial charge in [-0.15, -0.1) is 0 Å². The molecule has 1 aromatic carbocycles. The summed E-state index contributed by atoms with van der Waals surface area (Å²) in [5.74, 6) is 0. The van der Waals surface area contributed by atoms with Crippen molar-refractivity contribution in [1.82, 2.24) is 0 Å². The molecular weight excluding hydrogens is 144 g/mol. The molecule has 0 saturated heterocycles. The summed E-state index contributed by atoms with van der Waals surface area (Å²) in [5.41, 5.74) is 0. The molecule has 0 aliphatic heterocycles. The van der Waals surface area contributed by atoms with Crippen LogP contribution in [0.2, 0.25) is 0 Å². The molecule has 0 heteroatoms. The summed E-state index contributed by atoms with van der Waals surface area (Å²) < 4.78 is 0. The van der Waals surface area contributed by atoms with Crippen LogP contribution in [0.4, 0.5) is 0 Å². The molecular formula is C12H12. The van der Waals surface area contributed by atoms with Crippen LogP contribution in [0.5, 0.6) is 0 Å². The highest BCUT2D eigenvalue weighted by Gasteiger charge is 1.66. The van der Waals surface area contributed by atoms with Gasteiger partial charge >= 0.3 is 0 Å². The Balaban J connectivity index is 3.37. The van der Waals surface area contributed by atoms with Crippen LogP contribution in [-0.2, 0) is 0 Å². The van der Waals surface area contributed by atoms with Crippen molar-refractivity contribution in [2.75, 3.05) is 0 Å². The van der Waals surface area contributed by atoms with Gasteiger partial charge in [0.05, 0.1) is 0 Å². The van der Waals surface area contributed by atoms with Crippen molar-refractivity contribution in [2.24, 2.45) is 0 Å². The second-order valence-corrected chi connectivity index (χ2v) is 2.59. The zero-order chi connectivity index (χ0) is 8.81. The Morgan fingerprint density at radius 2 is 0.833 bits per heavy atom. The van der Waals surface area contributed by atoms with Crippen molar-refractivity contribution in [3.8, 4) is 0 Å². The quantitative estimate of drug-likeness (QED) is 0.535. The Bertz CT molecular complexity index is 316. The summed E-state index contributed by atoms with van der Waals surface area (Å²) in [6.07, 6.45) is 0. The number of rotatable bonds is 0. The van der Waals surface area contributed by atoms with Crippen LogP contribution in [0.1, 0.15) is 0 Å². The first-order chi connectivity index (χ1) is 5.79. The van der Waals surface area contributed by atoms with E-state index < -0.39 is 0 Å². The lowest BCUT2D eigenvalue weighted by Gasteiger charge is -1.75. The number of hydrogen-bond acceptors (Lipinski definition) is 0. The van der Waals surface area contributed by atoms with Crippen LogP contribution in [0.15, 0.2) is 48.5 Å². The fourth-order valence-electron chi connectivity index (χ4n) is 0.828. The van der Waals surface area contributed by atoms with Gasteiger partial charge in [0.2, 0.25) is 0 Å². The van der Waals surface area contributed by atoms with Gasteiger partial charge in [-0.3, -0.25) is 0 Å². The Labute approximate surface area is 72.8 Å². The molecule has 60 valence electrons. The molecule has 0 bridgehead atoms. The Hall–Kier alpha value is -1.56. The van der Waals surface area contributed by atoms with Crippen LogP contribution in [-0.4, -0.2) is 0 Å². The van der Waals surface area contributed by atoms with Crippen molar-refractivity contribution in [1.29, 1.82) is 0 Å². The van der Waals surface area contributed by atoms with E-state index >= 15 is 0 Å². The standard InChI is InChI=1S/C12H12/c1-11-7-3-5-9-12(2)10-6-4-8-11/h3-10H,1-2H2. The molecule has 0 atom stereocenters. The molecule has 0 aliphatic rings. The highest BCUT2D eigenvalue weighted by molar-refractivity contribution is 5.10. The molecule has 1 rings (SSSR count). The summed E-state index contributed by atoms with van der Waals surface area (Å²) in [4.78, 5) is 0. The van der Waals surface area contributed by atoms with E-state index in [9.17, 15) is 0 Å². The molecule has 0 N–H and O–H groups in total. The Morgan fingerprint density at radius 1 is 0.583 bits per heavy atom. The van der Waals surface area contributed by atoms with Crippen molar-refractivity contribution >= 4 is 13.2 Å². The van der Waals surface area contributed by atoms with E-state index in [1.54, 1.807) is 0 Å². The summed E-state index contributed by atoms with van der Waals surface area (Å²) >= 11 is 0. The Kier molecular flexibility index (Phi) is 3.09. The highest BCUT2D eigenvalue weighted by atomic mass is 13.7. The smallest absolute Gasteiger partial charge is 0.0329 e. The summed E-state index contributed by atoms with van der Waals surface area (Å²) in [5, 5.41) is 1.99. The lowest BCUT2D eigenvalue weighted by molar-refractivity contribution is 1.62. The van der Waals surface area contributed by atoms with E-state index in [0.717, 1.165) is 10.4 Å². The second-order valence-electron chi connectivity index (χ2n) is 2.59. The molecule has 1 aromatic rings. The first kappa shape index (κ1) is 8.54. The minimum atomic E-state index is 0.997. The van der Waals surface area contributed by atoms with E-state index in [1.165, 1.54) is 0 Å². The molecule has 12 heavy (non-hydrogen) atoms. The maximum atomic E-state index is 3.84. The molecule has 0 aliphatic carbocycles. The van der Waals surface area contributed by atoms with Crippen LogP contribution < -0.4 is 10.4 Å². The van der Waals surface area contributed by atoms with Crippen LogP contribution in [0.25, 0.3) is 13.2 Å². The van der Waals surface area contributed by atoms with Gasteiger partial charge in [-0.2, -0.15) is 0 Å². The first-order valence-corrected chi connectivity index (χ1v) is 3.86. The lowest BCUT2D eigenvalue weighted by Crippen LogP contribution is -1.91. The fourth-order valence-corrected chi connectivity index (χ4v) is 0.828. The zero-order valence-corrected chi connectivity index (χ0v) is 7.03.